The number of hydrogen-bond acceptors (Lipinski definition) is 7. The van der Waals surface area contributed by atoms with Gasteiger partial charge in [0, 0.05) is 43.8 Å². The van der Waals surface area contributed by atoms with Crippen LogP contribution in [-0.4, -0.2) is 39.0 Å². The largest absolute Gasteiger partial charge is 0.454 e. The molecule has 0 bridgehead atoms. The van der Waals surface area contributed by atoms with Crippen molar-refractivity contribution in [2.45, 2.75) is 12.7 Å². The monoisotopic (exact) mass is 481 g/mol. The van der Waals surface area contributed by atoms with Crippen LogP contribution in [0.25, 0.3) is 11.4 Å². The van der Waals surface area contributed by atoms with Crippen LogP contribution in [0.4, 0.5) is 24.7 Å². The van der Waals surface area contributed by atoms with Crippen molar-refractivity contribution in [2.24, 2.45) is 4.99 Å². The molecule has 2 aromatic rings. The highest BCUT2D eigenvalue weighted by atomic mass is 19.4. The van der Waals surface area contributed by atoms with Crippen LogP contribution < -0.4 is 21.0 Å². The Hall–Kier alpha value is -4.48. The summed E-state index contributed by atoms with van der Waals surface area (Å²) in [7, 11) is 1.63. The Morgan fingerprint density at radius 2 is 1.97 bits per heavy atom. The zero-order chi connectivity index (χ0) is 24.6. The highest BCUT2D eigenvalue weighted by Crippen LogP contribution is 2.38. The van der Waals surface area contributed by atoms with Gasteiger partial charge in [0.1, 0.15) is 17.3 Å². The van der Waals surface area contributed by atoms with Gasteiger partial charge >= 0.3 is 6.18 Å². The number of halogens is 3. The van der Waals surface area contributed by atoms with E-state index < -0.39 is 17.6 Å². The molecule has 0 fully saturated rings. The number of ether oxygens (including phenoxy) is 1. The van der Waals surface area contributed by atoms with Gasteiger partial charge in [0.2, 0.25) is 5.62 Å². The van der Waals surface area contributed by atoms with E-state index in [4.69, 9.17) is 4.74 Å². The van der Waals surface area contributed by atoms with Gasteiger partial charge in [-0.3, -0.25) is 14.8 Å². The third-order valence-corrected chi connectivity index (χ3v) is 5.32. The molecule has 1 amide bonds. The lowest BCUT2D eigenvalue weighted by Gasteiger charge is -2.17. The number of benzene rings is 1. The van der Waals surface area contributed by atoms with Crippen molar-refractivity contribution >= 4 is 17.4 Å². The number of carbonyl (C=O) groups excluding carboxylic acids is 1. The van der Waals surface area contributed by atoms with Gasteiger partial charge in [0.15, 0.2) is 11.6 Å². The lowest BCUT2D eigenvalue weighted by Crippen LogP contribution is -2.17. The number of anilines is 2. The Balaban J connectivity index is 1.35. The van der Waals surface area contributed by atoms with Gasteiger partial charge < -0.3 is 19.9 Å². The van der Waals surface area contributed by atoms with Crippen LogP contribution in [-0.2, 0) is 12.7 Å². The molecule has 0 saturated carbocycles. The minimum Gasteiger partial charge on any atom is -0.454 e. The van der Waals surface area contributed by atoms with Crippen molar-refractivity contribution in [2.75, 3.05) is 24.2 Å². The predicted molar refractivity (Wildman–Crippen MR) is 120 cm³/mol. The molecule has 0 unspecified atom stereocenters. The molecule has 0 aliphatic carbocycles. The van der Waals surface area contributed by atoms with Crippen molar-refractivity contribution in [3.05, 3.63) is 71.7 Å². The van der Waals surface area contributed by atoms with Crippen molar-refractivity contribution in [1.82, 2.24) is 19.5 Å². The Bertz CT molecular complexity index is 1450. The molecule has 3 aliphatic heterocycles. The predicted octanol–water partition coefficient (Wildman–Crippen LogP) is 3.80. The minimum atomic E-state index is -4.56. The van der Waals surface area contributed by atoms with E-state index in [0.29, 0.717) is 42.0 Å². The van der Waals surface area contributed by atoms with Crippen LogP contribution >= 0.6 is 0 Å². The van der Waals surface area contributed by atoms with Gasteiger partial charge in [-0.15, -0.1) is 0 Å². The molecule has 1 aromatic heterocycles. The summed E-state index contributed by atoms with van der Waals surface area (Å²) in [6, 6.07) is 9.79. The lowest BCUT2D eigenvalue weighted by atomic mass is 10.2. The van der Waals surface area contributed by atoms with E-state index in [2.05, 4.69) is 30.6 Å². The molecule has 35 heavy (non-hydrogen) atoms. The van der Waals surface area contributed by atoms with Gasteiger partial charge in [0.05, 0.1) is 5.56 Å². The summed E-state index contributed by atoms with van der Waals surface area (Å²) < 4.78 is 46.8. The van der Waals surface area contributed by atoms with Crippen LogP contribution in [0.3, 0.4) is 0 Å². The first-order chi connectivity index (χ1) is 16.8. The van der Waals surface area contributed by atoms with Crippen molar-refractivity contribution < 1.29 is 22.7 Å². The second-order valence-corrected chi connectivity index (χ2v) is 7.62. The summed E-state index contributed by atoms with van der Waals surface area (Å²) in [5.41, 5.74) is 0.280. The first-order valence-corrected chi connectivity index (χ1v) is 10.5. The number of fused-ring (bicyclic) bond motifs is 3. The zero-order valence-corrected chi connectivity index (χ0v) is 18.3. The van der Waals surface area contributed by atoms with E-state index >= 15 is 0 Å². The summed E-state index contributed by atoms with van der Waals surface area (Å²) >= 11 is 0. The molecule has 12 heteroatoms. The SMILES string of the molecule is CN=c1ncc2cc(Oc3ccc(NC(=O)c4cc(C(F)(F)F)ccn4)cc3)c3n(c-2n1)CCN3. The van der Waals surface area contributed by atoms with Crippen molar-refractivity contribution in [3.8, 4) is 22.9 Å². The molecule has 0 atom stereocenters. The Kier molecular flexibility index (Phi) is 5.55. The quantitative estimate of drug-likeness (QED) is 0.459. The number of nitrogens with zero attached hydrogens (tertiary/aromatic N) is 5. The topological polar surface area (TPSA) is 106 Å². The maximum Gasteiger partial charge on any atom is 0.416 e. The molecular weight excluding hydrogens is 463 g/mol. The van der Waals surface area contributed by atoms with E-state index in [9.17, 15) is 18.0 Å². The average Bonchev–Trinajstić information content (AvgIpc) is 3.35. The molecule has 178 valence electrons. The van der Waals surface area contributed by atoms with Crippen molar-refractivity contribution in [1.29, 1.82) is 0 Å². The lowest BCUT2D eigenvalue weighted by molar-refractivity contribution is -0.137. The Morgan fingerprint density at radius 3 is 2.71 bits per heavy atom. The number of amides is 1. The van der Waals surface area contributed by atoms with Crippen LogP contribution in [0.15, 0.2) is 59.9 Å². The fraction of sp³-hybridized carbons (Fsp3) is 0.174. The van der Waals surface area contributed by atoms with Crippen LogP contribution in [0.1, 0.15) is 16.1 Å². The van der Waals surface area contributed by atoms with E-state index in [-0.39, 0.29) is 5.69 Å². The highest BCUT2D eigenvalue weighted by molar-refractivity contribution is 6.03. The molecule has 0 radical (unpaired) electrons. The Labute approximate surface area is 196 Å². The fourth-order valence-electron chi connectivity index (χ4n) is 3.67. The molecule has 0 spiro atoms. The minimum absolute atomic E-state index is 0.337. The number of pyridine rings is 2. The first-order valence-electron chi connectivity index (χ1n) is 10.5. The number of nitrogens with one attached hydrogen (secondary N) is 2. The van der Waals surface area contributed by atoms with Crippen LogP contribution in [0, 0.1) is 0 Å². The molecular formula is C23H18F3N7O2. The summed E-state index contributed by atoms with van der Waals surface area (Å²) in [5, 5.41) is 5.83. The third-order valence-electron chi connectivity index (χ3n) is 5.32. The normalized spacial score (nSPS) is 13.4. The summed E-state index contributed by atoms with van der Waals surface area (Å²) in [5.74, 6) is 1.83. The van der Waals surface area contributed by atoms with E-state index in [1.165, 1.54) is 0 Å². The summed E-state index contributed by atoms with van der Waals surface area (Å²) in [4.78, 5) is 28.8. The van der Waals surface area contributed by atoms with Gasteiger partial charge in [-0.2, -0.15) is 18.2 Å². The number of carbonyl (C=O) groups is 1. The summed E-state index contributed by atoms with van der Waals surface area (Å²) in [6.45, 7) is 1.42. The maximum atomic E-state index is 12.9. The second kappa shape index (κ2) is 8.70. The van der Waals surface area contributed by atoms with Gasteiger partial charge in [-0.25, -0.2) is 4.98 Å². The standard InChI is InChI=1S/C23H18F3N7O2/c1-27-22-30-12-13-10-18(20-29-8-9-33(20)19(13)32-22)35-16-4-2-15(3-5-16)31-21(34)17-11-14(6-7-28-17)23(24,25)26/h2-7,10-12,29H,8-9H2,1H3,(H,31,34). The molecule has 3 aliphatic rings. The highest BCUT2D eigenvalue weighted by Gasteiger charge is 2.31. The van der Waals surface area contributed by atoms with Gasteiger partial charge in [-0.05, 0) is 42.5 Å². The molecule has 0 saturated heterocycles. The molecule has 4 heterocycles. The molecule has 2 N–H and O–H groups in total. The van der Waals surface area contributed by atoms with Gasteiger partial charge in [-0.1, -0.05) is 0 Å². The number of hydrogen-bond donors (Lipinski definition) is 2. The van der Waals surface area contributed by atoms with E-state index in [0.717, 1.165) is 29.5 Å². The van der Waals surface area contributed by atoms with E-state index in [1.807, 2.05) is 10.6 Å². The smallest absolute Gasteiger partial charge is 0.416 e. The Morgan fingerprint density at radius 1 is 1.17 bits per heavy atom. The number of alkyl halides is 3. The van der Waals surface area contributed by atoms with Gasteiger partial charge in [0.25, 0.3) is 5.91 Å². The fourth-order valence-corrected chi connectivity index (χ4v) is 3.67. The van der Waals surface area contributed by atoms with Crippen molar-refractivity contribution in [3.63, 3.8) is 0 Å². The average molecular weight is 481 g/mol. The zero-order valence-electron chi connectivity index (χ0n) is 18.3. The van der Waals surface area contributed by atoms with Crippen LogP contribution in [0.2, 0.25) is 0 Å². The number of rotatable bonds is 4. The van der Waals surface area contributed by atoms with Crippen LogP contribution in [0.5, 0.6) is 11.5 Å². The second-order valence-electron chi connectivity index (χ2n) is 7.62. The number of aromatic nitrogens is 4. The first kappa shape index (κ1) is 22.3. The molecule has 9 nitrogen and oxygen atoms in total. The molecule has 5 rings (SSSR count). The summed E-state index contributed by atoms with van der Waals surface area (Å²) in [6.07, 6.45) is -1.93. The molecule has 1 aromatic carbocycles. The maximum absolute atomic E-state index is 12.9. The van der Waals surface area contributed by atoms with E-state index in [1.54, 1.807) is 37.5 Å². The third kappa shape index (κ3) is 4.50.